The van der Waals surface area contributed by atoms with Crippen LogP contribution in [0.2, 0.25) is 0 Å². The molecule has 2 aromatic heterocycles. The van der Waals surface area contributed by atoms with Crippen molar-refractivity contribution in [1.82, 2.24) is 25.5 Å². The van der Waals surface area contributed by atoms with E-state index in [1.165, 1.54) is 12.1 Å². The molecule has 1 aromatic carbocycles. The van der Waals surface area contributed by atoms with Crippen molar-refractivity contribution in [3.8, 4) is 11.3 Å². The molecule has 0 bridgehead atoms. The maximum Gasteiger partial charge on any atom is 0.319 e. The number of benzene rings is 1. The third-order valence-corrected chi connectivity index (χ3v) is 6.57. The number of urea groups is 1. The SMILES string of the molecule is CCNc1nc(-c2ccc(NC(=O)NCc3ccc(N)nc3)c(F)c2)ccc1C(=O)NCCN1CCC(O)CC1. The Morgan fingerprint density at radius 2 is 1.93 bits per heavy atom. The van der Waals surface area contributed by atoms with E-state index >= 15 is 0 Å². The summed E-state index contributed by atoms with van der Waals surface area (Å²) in [6.07, 6.45) is 2.81. The van der Waals surface area contributed by atoms with Gasteiger partial charge >= 0.3 is 6.03 Å². The number of amides is 3. The standard InChI is InChI=1S/C28H35FN8O3/c1-2-31-26-21(27(39)32-11-14-37-12-9-20(38)10-13-37)5-7-23(35-26)19-4-6-24(22(29)15-19)36-28(40)34-17-18-3-8-25(30)33-16-18/h3-8,15-16,20,38H,2,9-14,17H2,1H3,(H2,30,33)(H,31,35)(H,32,39)(H2,34,36,40). The first-order chi connectivity index (χ1) is 19.3. The van der Waals surface area contributed by atoms with Gasteiger partial charge in [-0.25, -0.2) is 19.2 Å². The number of likely N-dealkylation sites (tertiary alicyclic amines) is 1. The van der Waals surface area contributed by atoms with Crippen LogP contribution in [0.3, 0.4) is 0 Å². The maximum absolute atomic E-state index is 14.9. The second-order valence-electron chi connectivity index (χ2n) is 9.55. The Morgan fingerprint density at radius 1 is 1.12 bits per heavy atom. The van der Waals surface area contributed by atoms with Crippen LogP contribution >= 0.6 is 0 Å². The number of hydrogen-bond donors (Lipinski definition) is 6. The fraction of sp³-hybridized carbons (Fsp3) is 0.357. The van der Waals surface area contributed by atoms with Gasteiger partial charge in [0, 0.05) is 51.0 Å². The number of carbonyl (C=O) groups excluding carboxylic acids is 2. The number of piperidine rings is 1. The second kappa shape index (κ2) is 13.7. The molecule has 0 saturated carbocycles. The summed E-state index contributed by atoms with van der Waals surface area (Å²) in [5, 5.41) is 20.8. The summed E-state index contributed by atoms with van der Waals surface area (Å²) >= 11 is 0. The minimum atomic E-state index is -0.624. The topological polar surface area (TPSA) is 158 Å². The van der Waals surface area contributed by atoms with Gasteiger partial charge in [-0.1, -0.05) is 12.1 Å². The number of pyridine rings is 2. The fourth-order valence-electron chi connectivity index (χ4n) is 4.34. The van der Waals surface area contributed by atoms with Gasteiger partial charge in [0.05, 0.1) is 23.0 Å². The van der Waals surface area contributed by atoms with Crippen LogP contribution in [-0.4, -0.2) is 70.7 Å². The Morgan fingerprint density at radius 3 is 2.62 bits per heavy atom. The number of aliphatic hydroxyl groups excluding tert-OH is 1. The van der Waals surface area contributed by atoms with E-state index in [4.69, 9.17) is 5.73 Å². The minimum absolute atomic E-state index is 0.0165. The molecule has 4 rings (SSSR count). The summed E-state index contributed by atoms with van der Waals surface area (Å²) in [4.78, 5) is 35.9. The molecule has 3 amide bonds. The van der Waals surface area contributed by atoms with Crippen molar-refractivity contribution in [1.29, 1.82) is 0 Å². The Balaban J connectivity index is 1.36. The first-order valence-corrected chi connectivity index (χ1v) is 13.3. The molecule has 1 saturated heterocycles. The van der Waals surface area contributed by atoms with Gasteiger partial charge in [0.15, 0.2) is 0 Å². The summed E-state index contributed by atoms with van der Waals surface area (Å²) in [7, 11) is 0. The van der Waals surface area contributed by atoms with Crippen molar-refractivity contribution in [2.75, 3.05) is 49.1 Å². The molecule has 1 aliphatic heterocycles. The highest BCUT2D eigenvalue weighted by Gasteiger charge is 2.18. The molecule has 1 aliphatic rings. The lowest BCUT2D eigenvalue weighted by Crippen LogP contribution is -2.40. The molecule has 3 heterocycles. The molecule has 0 aliphatic carbocycles. The molecule has 0 radical (unpaired) electrons. The predicted molar refractivity (Wildman–Crippen MR) is 152 cm³/mol. The number of carbonyl (C=O) groups is 2. The maximum atomic E-state index is 14.9. The van der Waals surface area contributed by atoms with Gasteiger partial charge in [-0.15, -0.1) is 0 Å². The number of nitrogens with one attached hydrogen (secondary N) is 4. The Kier molecular flexibility index (Phi) is 9.81. The van der Waals surface area contributed by atoms with Crippen LogP contribution in [-0.2, 0) is 6.54 Å². The van der Waals surface area contributed by atoms with Crippen LogP contribution in [0.1, 0.15) is 35.7 Å². The van der Waals surface area contributed by atoms with Crippen LogP contribution < -0.4 is 27.0 Å². The minimum Gasteiger partial charge on any atom is -0.393 e. The highest BCUT2D eigenvalue weighted by molar-refractivity contribution is 5.99. The first kappa shape index (κ1) is 28.7. The van der Waals surface area contributed by atoms with E-state index in [0.717, 1.165) is 31.5 Å². The summed E-state index contributed by atoms with van der Waals surface area (Å²) in [6.45, 7) is 5.46. The third-order valence-electron chi connectivity index (χ3n) is 6.57. The highest BCUT2D eigenvalue weighted by atomic mass is 19.1. The molecule has 0 atom stereocenters. The van der Waals surface area contributed by atoms with Crippen LogP contribution in [0.15, 0.2) is 48.7 Å². The quantitative estimate of drug-likeness (QED) is 0.225. The number of halogens is 1. The van der Waals surface area contributed by atoms with E-state index in [2.05, 4.69) is 36.1 Å². The molecule has 7 N–H and O–H groups in total. The number of nitrogens with zero attached hydrogens (tertiary/aromatic N) is 3. The number of anilines is 3. The summed E-state index contributed by atoms with van der Waals surface area (Å²) in [5.41, 5.74) is 7.69. The number of aromatic nitrogens is 2. The van der Waals surface area contributed by atoms with E-state index in [9.17, 15) is 19.1 Å². The van der Waals surface area contributed by atoms with E-state index < -0.39 is 11.8 Å². The first-order valence-electron chi connectivity index (χ1n) is 13.3. The monoisotopic (exact) mass is 550 g/mol. The number of nitrogens with two attached hydrogens (primary N) is 1. The van der Waals surface area contributed by atoms with Gasteiger partial charge in [-0.05, 0) is 55.7 Å². The fourth-order valence-corrected chi connectivity index (χ4v) is 4.34. The number of aliphatic hydroxyl groups is 1. The third kappa shape index (κ3) is 7.87. The Hall–Kier alpha value is -4.29. The molecule has 3 aromatic rings. The van der Waals surface area contributed by atoms with Crippen LogP contribution in [0, 0.1) is 5.82 Å². The van der Waals surface area contributed by atoms with E-state index in [1.807, 2.05) is 6.92 Å². The molecular formula is C28H35FN8O3. The highest BCUT2D eigenvalue weighted by Crippen LogP contribution is 2.26. The lowest BCUT2D eigenvalue weighted by Gasteiger charge is -2.29. The zero-order chi connectivity index (χ0) is 28.5. The van der Waals surface area contributed by atoms with E-state index in [0.29, 0.717) is 48.1 Å². The summed E-state index contributed by atoms with van der Waals surface area (Å²) in [5.74, 6) is -0.0941. The van der Waals surface area contributed by atoms with Crippen molar-refractivity contribution < 1.29 is 19.1 Å². The Labute approximate surface area is 232 Å². The molecule has 1 fully saturated rings. The molecule has 11 nitrogen and oxygen atoms in total. The number of rotatable bonds is 10. The number of nitrogen functional groups attached to an aromatic ring is 1. The smallest absolute Gasteiger partial charge is 0.319 e. The molecule has 0 unspecified atom stereocenters. The molecule has 0 spiro atoms. The van der Waals surface area contributed by atoms with Crippen molar-refractivity contribution in [2.45, 2.75) is 32.4 Å². The van der Waals surface area contributed by atoms with Crippen molar-refractivity contribution in [3.05, 3.63) is 65.6 Å². The summed E-state index contributed by atoms with van der Waals surface area (Å²) < 4.78 is 14.9. The average molecular weight is 551 g/mol. The van der Waals surface area contributed by atoms with Crippen LogP contribution in [0.5, 0.6) is 0 Å². The molecular weight excluding hydrogens is 515 g/mol. The molecule has 212 valence electrons. The number of hydrogen-bond acceptors (Lipinski definition) is 8. The average Bonchev–Trinajstić information content (AvgIpc) is 2.95. The zero-order valence-electron chi connectivity index (χ0n) is 22.4. The predicted octanol–water partition coefficient (Wildman–Crippen LogP) is 2.80. The van der Waals surface area contributed by atoms with Gasteiger partial charge in [0.1, 0.15) is 17.5 Å². The van der Waals surface area contributed by atoms with Crippen LogP contribution in [0.4, 0.5) is 26.5 Å². The normalized spacial score (nSPS) is 14.0. The van der Waals surface area contributed by atoms with Crippen molar-refractivity contribution in [3.63, 3.8) is 0 Å². The van der Waals surface area contributed by atoms with Crippen LogP contribution in [0.25, 0.3) is 11.3 Å². The largest absolute Gasteiger partial charge is 0.393 e. The lowest BCUT2D eigenvalue weighted by atomic mass is 10.1. The van der Waals surface area contributed by atoms with Gasteiger partial charge < -0.3 is 37.0 Å². The zero-order valence-corrected chi connectivity index (χ0v) is 22.4. The Bertz CT molecular complexity index is 1310. The van der Waals surface area contributed by atoms with E-state index in [1.54, 1.807) is 36.5 Å². The molecule has 40 heavy (non-hydrogen) atoms. The van der Waals surface area contributed by atoms with Gasteiger partial charge in [-0.2, -0.15) is 0 Å². The molecule has 12 heteroatoms. The van der Waals surface area contributed by atoms with Gasteiger partial charge in [-0.3, -0.25) is 4.79 Å². The van der Waals surface area contributed by atoms with Crippen molar-refractivity contribution >= 4 is 29.3 Å². The summed E-state index contributed by atoms with van der Waals surface area (Å²) in [6, 6.07) is 10.5. The van der Waals surface area contributed by atoms with Gasteiger partial charge in [0.25, 0.3) is 5.91 Å². The lowest BCUT2D eigenvalue weighted by molar-refractivity contribution is 0.0804. The second-order valence-corrected chi connectivity index (χ2v) is 9.55. The van der Waals surface area contributed by atoms with E-state index in [-0.39, 0.29) is 24.2 Å². The van der Waals surface area contributed by atoms with Crippen molar-refractivity contribution in [2.24, 2.45) is 0 Å². The van der Waals surface area contributed by atoms with Gasteiger partial charge in [0.2, 0.25) is 0 Å².